The molecule has 6 heteroatoms. The number of hydrogen-bond donors (Lipinski definition) is 3. The van der Waals surface area contributed by atoms with Gasteiger partial charge in [0.15, 0.2) is 0 Å². The summed E-state index contributed by atoms with van der Waals surface area (Å²) in [5, 5.41) is 14.3. The molecule has 0 heterocycles. The number of carboxylic acids is 1. The SMILES string of the molecule is CCCN(CC)CCNC(=O)NC(CC(=O)O)C(C)C. The van der Waals surface area contributed by atoms with E-state index in [1.54, 1.807) is 0 Å². The molecule has 0 radical (unpaired) electrons. The van der Waals surface area contributed by atoms with Gasteiger partial charge in [-0.05, 0) is 25.4 Å². The summed E-state index contributed by atoms with van der Waals surface area (Å²) in [5.74, 6) is -0.812. The first-order valence-electron chi connectivity index (χ1n) is 7.39. The van der Waals surface area contributed by atoms with E-state index < -0.39 is 5.97 Å². The van der Waals surface area contributed by atoms with Gasteiger partial charge in [-0.25, -0.2) is 4.79 Å². The van der Waals surface area contributed by atoms with Crippen LogP contribution in [-0.4, -0.2) is 54.2 Å². The number of carbonyl (C=O) groups excluding carboxylic acids is 1. The highest BCUT2D eigenvalue weighted by Gasteiger charge is 2.19. The van der Waals surface area contributed by atoms with E-state index in [1.807, 2.05) is 13.8 Å². The second-order valence-corrected chi connectivity index (χ2v) is 5.28. The zero-order chi connectivity index (χ0) is 15.5. The lowest BCUT2D eigenvalue weighted by molar-refractivity contribution is -0.137. The molecule has 0 aromatic heterocycles. The van der Waals surface area contributed by atoms with Crippen molar-refractivity contribution in [3.63, 3.8) is 0 Å². The molecule has 0 aromatic carbocycles. The molecule has 0 spiro atoms. The number of likely N-dealkylation sites (N-methyl/N-ethyl adjacent to an activating group) is 1. The predicted molar refractivity (Wildman–Crippen MR) is 79.8 cm³/mol. The molecule has 0 aliphatic rings. The summed E-state index contributed by atoms with van der Waals surface area (Å²) < 4.78 is 0. The van der Waals surface area contributed by atoms with Gasteiger partial charge in [0.05, 0.1) is 6.42 Å². The van der Waals surface area contributed by atoms with Gasteiger partial charge in [0.2, 0.25) is 0 Å². The molecule has 0 aliphatic heterocycles. The van der Waals surface area contributed by atoms with Crippen LogP contribution >= 0.6 is 0 Å². The quantitative estimate of drug-likeness (QED) is 0.569. The number of amides is 2. The van der Waals surface area contributed by atoms with Crippen LogP contribution in [0.25, 0.3) is 0 Å². The van der Waals surface area contributed by atoms with Crippen molar-refractivity contribution in [2.45, 2.75) is 46.6 Å². The van der Waals surface area contributed by atoms with Crippen LogP contribution in [0, 0.1) is 5.92 Å². The van der Waals surface area contributed by atoms with Crippen LogP contribution < -0.4 is 10.6 Å². The standard InChI is InChI=1S/C14H29N3O3/c1-5-8-17(6-2)9-7-15-14(20)16-12(11(3)4)10-13(18)19/h11-12H,5-10H2,1-4H3,(H,18,19)(H2,15,16,20). The van der Waals surface area contributed by atoms with Gasteiger partial charge in [-0.3, -0.25) is 4.79 Å². The van der Waals surface area contributed by atoms with Crippen LogP contribution in [0.3, 0.4) is 0 Å². The maximum absolute atomic E-state index is 11.7. The highest BCUT2D eigenvalue weighted by Crippen LogP contribution is 2.05. The van der Waals surface area contributed by atoms with Crippen molar-refractivity contribution in [2.24, 2.45) is 5.92 Å². The highest BCUT2D eigenvalue weighted by atomic mass is 16.4. The summed E-state index contributed by atoms with van der Waals surface area (Å²) in [6.07, 6.45) is 1.04. The fraction of sp³-hybridized carbons (Fsp3) is 0.857. The Bertz CT molecular complexity index is 295. The van der Waals surface area contributed by atoms with E-state index in [0.29, 0.717) is 6.54 Å². The van der Waals surface area contributed by atoms with E-state index in [9.17, 15) is 9.59 Å². The second-order valence-electron chi connectivity index (χ2n) is 5.28. The van der Waals surface area contributed by atoms with E-state index >= 15 is 0 Å². The van der Waals surface area contributed by atoms with E-state index in [2.05, 4.69) is 29.4 Å². The molecular formula is C14H29N3O3. The summed E-state index contributed by atoms with van der Waals surface area (Å²) >= 11 is 0. The van der Waals surface area contributed by atoms with Crippen molar-refractivity contribution in [3.8, 4) is 0 Å². The molecule has 0 bridgehead atoms. The lowest BCUT2D eigenvalue weighted by Crippen LogP contribution is -2.47. The van der Waals surface area contributed by atoms with Gasteiger partial charge in [0.1, 0.15) is 0 Å². The number of nitrogens with one attached hydrogen (secondary N) is 2. The van der Waals surface area contributed by atoms with Gasteiger partial charge in [-0.1, -0.05) is 27.7 Å². The molecule has 2 amide bonds. The van der Waals surface area contributed by atoms with E-state index in [4.69, 9.17) is 5.11 Å². The summed E-state index contributed by atoms with van der Waals surface area (Å²) in [4.78, 5) is 24.7. The normalized spacial score (nSPS) is 12.5. The number of aliphatic carboxylic acids is 1. The average Bonchev–Trinajstić information content (AvgIpc) is 2.36. The minimum Gasteiger partial charge on any atom is -0.481 e. The zero-order valence-electron chi connectivity index (χ0n) is 13.1. The van der Waals surface area contributed by atoms with Gasteiger partial charge < -0.3 is 20.6 Å². The molecule has 1 unspecified atom stereocenters. The van der Waals surface area contributed by atoms with Crippen molar-refractivity contribution in [1.29, 1.82) is 0 Å². The maximum atomic E-state index is 11.7. The number of rotatable bonds is 10. The van der Waals surface area contributed by atoms with Crippen molar-refractivity contribution in [3.05, 3.63) is 0 Å². The van der Waals surface area contributed by atoms with Crippen molar-refractivity contribution < 1.29 is 14.7 Å². The molecule has 0 rings (SSSR count). The van der Waals surface area contributed by atoms with Crippen LogP contribution in [0.4, 0.5) is 4.79 Å². The third kappa shape index (κ3) is 8.74. The first-order valence-corrected chi connectivity index (χ1v) is 7.39. The Kier molecular flexibility index (Phi) is 9.80. The Balaban J connectivity index is 4.04. The molecule has 3 N–H and O–H groups in total. The predicted octanol–water partition coefficient (Wildman–Crippen LogP) is 1.52. The van der Waals surface area contributed by atoms with Gasteiger partial charge in [0, 0.05) is 19.1 Å². The number of nitrogens with zero attached hydrogens (tertiary/aromatic N) is 1. The van der Waals surface area contributed by atoms with Gasteiger partial charge >= 0.3 is 12.0 Å². The Hall–Kier alpha value is -1.30. The van der Waals surface area contributed by atoms with Crippen molar-refractivity contribution >= 4 is 12.0 Å². The van der Waals surface area contributed by atoms with Crippen molar-refractivity contribution in [1.82, 2.24) is 15.5 Å². The average molecular weight is 287 g/mol. The lowest BCUT2D eigenvalue weighted by Gasteiger charge is -2.22. The minimum atomic E-state index is -0.899. The number of carbonyl (C=O) groups is 2. The third-order valence-electron chi connectivity index (χ3n) is 3.22. The van der Waals surface area contributed by atoms with E-state index in [-0.39, 0.29) is 24.4 Å². The van der Waals surface area contributed by atoms with E-state index in [1.165, 1.54) is 0 Å². The van der Waals surface area contributed by atoms with Gasteiger partial charge in [-0.2, -0.15) is 0 Å². The van der Waals surface area contributed by atoms with Gasteiger partial charge in [0.25, 0.3) is 0 Å². The van der Waals surface area contributed by atoms with Crippen LogP contribution in [0.2, 0.25) is 0 Å². The molecule has 0 aliphatic carbocycles. The highest BCUT2D eigenvalue weighted by molar-refractivity contribution is 5.75. The third-order valence-corrected chi connectivity index (χ3v) is 3.22. The van der Waals surface area contributed by atoms with Crippen LogP contribution in [0.1, 0.15) is 40.5 Å². The first-order chi connectivity index (χ1) is 9.40. The minimum absolute atomic E-state index is 0.0536. The Morgan fingerprint density at radius 3 is 2.30 bits per heavy atom. The largest absolute Gasteiger partial charge is 0.481 e. The van der Waals surface area contributed by atoms with Crippen molar-refractivity contribution in [2.75, 3.05) is 26.2 Å². The molecule has 0 saturated carbocycles. The Morgan fingerprint density at radius 2 is 1.85 bits per heavy atom. The summed E-state index contributed by atoms with van der Waals surface area (Å²) in [6.45, 7) is 11.4. The molecule has 0 saturated heterocycles. The molecule has 118 valence electrons. The number of urea groups is 1. The fourth-order valence-electron chi connectivity index (χ4n) is 1.93. The van der Waals surface area contributed by atoms with E-state index in [0.717, 1.165) is 26.1 Å². The zero-order valence-corrected chi connectivity index (χ0v) is 13.1. The molecule has 0 aromatic rings. The number of carboxylic acid groups (broad SMARTS) is 1. The monoisotopic (exact) mass is 287 g/mol. The molecule has 6 nitrogen and oxygen atoms in total. The first kappa shape index (κ1) is 18.7. The summed E-state index contributed by atoms with van der Waals surface area (Å²) in [5.41, 5.74) is 0. The van der Waals surface area contributed by atoms with Crippen LogP contribution in [0.5, 0.6) is 0 Å². The summed E-state index contributed by atoms with van der Waals surface area (Å²) in [7, 11) is 0. The van der Waals surface area contributed by atoms with Crippen LogP contribution in [0.15, 0.2) is 0 Å². The Labute approximate surface area is 121 Å². The van der Waals surface area contributed by atoms with Crippen LogP contribution in [-0.2, 0) is 4.79 Å². The topological polar surface area (TPSA) is 81.7 Å². The molecular weight excluding hydrogens is 258 g/mol. The Morgan fingerprint density at radius 1 is 1.20 bits per heavy atom. The van der Waals surface area contributed by atoms with Gasteiger partial charge in [-0.15, -0.1) is 0 Å². The molecule has 0 fully saturated rings. The maximum Gasteiger partial charge on any atom is 0.315 e. The molecule has 20 heavy (non-hydrogen) atoms. The lowest BCUT2D eigenvalue weighted by atomic mass is 10.0. The number of hydrogen-bond acceptors (Lipinski definition) is 3. The summed E-state index contributed by atoms with van der Waals surface area (Å²) in [6, 6.07) is -0.636. The smallest absolute Gasteiger partial charge is 0.315 e. The second kappa shape index (κ2) is 10.5. The fourth-order valence-corrected chi connectivity index (χ4v) is 1.93. The molecule has 1 atom stereocenters.